The number of hydrogen-bond acceptors (Lipinski definition) is 2. The first kappa shape index (κ1) is 13.1. The molecule has 0 bridgehead atoms. The first-order valence-electron chi connectivity index (χ1n) is 4.71. The van der Waals surface area contributed by atoms with E-state index in [0.717, 1.165) is 11.8 Å². The molecule has 0 unspecified atom stereocenters. The lowest BCUT2D eigenvalue weighted by Crippen LogP contribution is -2.00. The molecule has 0 saturated heterocycles. The molecule has 0 aliphatic rings. The summed E-state index contributed by atoms with van der Waals surface area (Å²) in [5.74, 6) is 0. The first-order valence-corrected chi connectivity index (χ1v) is 5.53. The summed E-state index contributed by atoms with van der Waals surface area (Å²) in [5.41, 5.74) is -2.92. The third-order valence-electron chi connectivity index (χ3n) is 2.03. The summed E-state index contributed by atoms with van der Waals surface area (Å²) in [6, 6.07) is 4.89. The van der Waals surface area contributed by atoms with Crippen molar-refractivity contribution in [3.63, 3.8) is 0 Å². The summed E-state index contributed by atoms with van der Waals surface area (Å²) >= 11 is -0.113. The average Bonchev–Trinajstić information content (AvgIpc) is 2.17. The Morgan fingerprint density at radius 2 is 2.06 bits per heavy atom. The van der Waals surface area contributed by atoms with Crippen LogP contribution in [-0.2, 0) is 11.2 Å². The minimum Gasteiger partial charge on any atom is -0.303 e. The summed E-state index contributed by atoms with van der Waals surface area (Å²) < 4.78 is 36.6. The van der Waals surface area contributed by atoms with Gasteiger partial charge in [0.2, 0.25) is 0 Å². The van der Waals surface area contributed by atoms with Crippen LogP contribution in [0.4, 0.5) is 13.2 Å². The number of rotatable bonds is 4. The second-order valence-corrected chi connectivity index (χ2v) is 4.46. The smallest absolute Gasteiger partial charge is 0.303 e. The van der Waals surface area contributed by atoms with Gasteiger partial charge in [-0.2, -0.15) is 13.2 Å². The fraction of sp³-hybridized carbons (Fsp3) is 0.364. The molecule has 0 aromatic heterocycles. The van der Waals surface area contributed by atoms with E-state index in [1.807, 2.05) is 0 Å². The van der Waals surface area contributed by atoms with Gasteiger partial charge in [-0.25, -0.2) is 0 Å². The molecule has 88 valence electrons. The zero-order chi connectivity index (χ0) is 12.2. The first-order chi connectivity index (χ1) is 7.42. The molecule has 0 fully saturated rings. The molecule has 0 amide bonds. The van der Waals surface area contributed by atoms with Crippen LogP contribution in [0.15, 0.2) is 23.1 Å². The highest BCUT2D eigenvalue weighted by Crippen LogP contribution is 2.38. The predicted molar refractivity (Wildman–Crippen MR) is 57.5 cm³/mol. The summed E-state index contributed by atoms with van der Waals surface area (Å²) in [7, 11) is 0. The molecule has 1 nitrogen and oxygen atoms in total. The van der Waals surface area contributed by atoms with Crippen LogP contribution in [0, 0.1) is 6.92 Å². The van der Waals surface area contributed by atoms with Crippen LogP contribution >= 0.6 is 11.8 Å². The molecule has 0 heterocycles. The van der Waals surface area contributed by atoms with Crippen LogP contribution in [-0.4, -0.2) is 11.8 Å². The van der Waals surface area contributed by atoms with Crippen LogP contribution in [0.2, 0.25) is 0 Å². The maximum absolute atomic E-state index is 12.2. The SMILES string of the molecule is Cc1ccc(CCC=O)cc1SC(F)(F)F. The number of halogens is 3. The fourth-order valence-electron chi connectivity index (χ4n) is 1.26. The number of thioether (sulfide) groups is 1. The largest absolute Gasteiger partial charge is 0.446 e. The second-order valence-electron chi connectivity index (χ2n) is 3.35. The Labute approximate surface area is 96.0 Å². The van der Waals surface area contributed by atoms with Gasteiger partial charge >= 0.3 is 5.51 Å². The van der Waals surface area contributed by atoms with E-state index in [2.05, 4.69) is 0 Å². The van der Waals surface area contributed by atoms with Crippen molar-refractivity contribution in [1.82, 2.24) is 0 Å². The van der Waals surface area contributed by atoms with E-state index >= 15 is 0 Å². The van der Waals surface area contributed by atoms with Crippen LogP contribution in [0.3, 0.4) is 0 Å². The molecule has 0 radical (unpaired) electrons. The van der Waals surface area contributed by atoms with Crippen molar-refractivity contribution in [3.8, 4) is 0 Å². The van der Waals surface area contributed by atoms with Crippen molar-refractivity contribution in [2.75, 3.05) is 0 Å². The lowest BCUT2D eigenvalue weighted by atomic mass is 10.1. The number of benzene rings is 1. The molecule has 0 saturated carbocycles. The minimum atomic E-state index is -4.27. The number of aldehydes is 1. The summed E-state index contributed by atoms with van der Waals surface area (Å²) in [6.45, 7) is 1.64. The fourth-order valence-corrected chi connectivity index (χ4v) is 1.95. The van der Waals surface area contributed by atoms with E-state index in [9.17, 15) is 18.0 Å². The zero-order valence-corrected chi connectivity index (χ0v) is 9.49. The van der Waals surface area contributed by atoms with E-state index in [1.165, 1.54) is 6.07 Å². The van der Waals surface area contributed by atoms with E-state index < -0.39 is 5.51 Å². The molecule has 16 heavy (non-hydrogen) atoms. The van der Waals surface area contributed by atoms with Crippen LogP contribution in [0.1, 0.15) is 17.5 Å². The zero-order valence-electron chi connectivity index (χ0n) is 8.67. The Balaban J connectivity index is 2.86. The van der Waals surface area contributed by atoms with Crippen molar-refractivity contribution in [3.05, 3.63) is 29.3 Å². The van der Waals surface area contributed by atoms with Gasteiger partial charge in [0, 0.05) is 11.3 Å². The molecule has 1 aromatic rings. The van der Waals surface area contributed by atoms with Crippen molar-refractivity contribution in [2.45, 2.75) is 30.2 Å². The highest BCUT2D eigenvalue weighted by molar-refractivity contribution is 8.00. The second kappa shape index (κ2) is 5.39. The van der Waals surface area contributed by atoms with E-state index in [1.54, 1.807) is 19.1 Å². The van der Waals surface area contributed by atoms with Gasteiger partial charge in [-0.15, -0.1) is 0 Å². The predicted octanol–water partition coefficient (Wildman–Crippen LogP) is 3.74. The number of hydrogen-bond donors (Lipinski definition) is 0. The molecule has 0 atom stereocenters. The monoisotopic (exact) mass is 248 g/mol. The molecule has 0 spiro atoms. The van der Waals surface area contributed by atoms with Crippen LogP contribution < -0.4 is 0 Å². The number of alkyl halides is 3. The van der Waals surface area contributed by atoms with E-state index in [0.29, 0.717) is 18.4 Å². The Hall–Kier alpha value is -0.970. The van der Waals surface area contributed by atoms with Gasteiger partial charge in [-0.3, -0.25) is 0 Å². The Morgan fingerprint density at radius 1 is 1.38 bits per heavy atom. The molecule has 1 aromatic carbocycles. The van der Waals surface area contributed by atoms with Crippen molar-refractivity contribution in [2.24, 2.45) is 0 Å². The number of aryl methyl sites for hydroxylation is 2. The third kappa shape index (κ3) is 4.26. The maximum atomic E-state index is 12.2. The van der Waals surface area contributed by atoms with Crippen LogP contribution in [0.5, 0.6) is 0 Å². The van der Waals surface area contributed by atoms with Gasteiger partial charge in [0.15, 0.2) is 0 Å². The Bertz CT molecular complexity index is 374. The van der Waals surface area contributed by atoms with Gasteiger partial charge in [-0.1, -0.05) is 12.1 Å². The standard InChI is InChI=1S/C11H11F3OS/c1-8-4-5-9(3-2-6-15)7-10(8)16-11(12,13)14/h4-7H,2-3H2,1H3. The molecule has 5 heteroatoms. The maximum Gasteiger partial charge on any atom is 0.446 e. The summed E-state index contributed by atoms with van der Waals surface area (Å²) in [4.78, 5) is 10.4. The quantitative estimate of drug-likeness (QED) is 0.596. The van der Waals surface area contributed by atoms with Crippen molar-refractivity contribution < 1.29 is 18.0 Å². The molecule has 1 rings (SSSR count). The minimum absolute atomic E-state index is 0.113. The third-order valence-corrected chi connectivity index (χ3v) is 2.92. The van der Waals surface area contributed by atoms with Crippen molar-refractivity contribution >= 4 is 18.0 Å². The van der Waals surface area contributed by atoms with E-state index in [-0.39, 0.29) is 16.7 Å². The normalized spacial score (nSPS) is 11.5. The van der Waals surface area contributed by atoms with Gasteiger partial charge < -0.3 is 4.79 Å². The van der Waals surface area contributed by atoms with E-state index in [4.69, 9.17) is 0 Å². The topological polar surface area (TPSA) is 17.1 Å². The van der Waals surface area contributed by atoms with Crippen molar-refractivity contribution in [1.29, 1.82) is 0 Å². The molecule has 0 aliphatic carbocycles. The highest BCUT2D eigenvalue weighted by atomic mass is 32.2. The molecular formula is C11H11F3OS. The van der Waals surface area contributed by atoms with Crippen LogP contribution in [0.25, 0.3) is 0 Å². The van der Waals surface area contributed by atoms with Gasteiger partial charge in [0.1, 0.15) is 6.29 Å². The highest BCUT2D eigenvalue weighted by Gasteiger charge is 2.29. The number of carbonyl (C=O) groups is 1. The molecule has 0 N–H and O–H groups in total. The Kier molecular flexibility index (Phi) is 4.41. The summed E-state index contributed by atoms with van der Waals surface area (Å²) in [6.07, 6.45) is 1.57. The lowest BCUT2D eigenvalue weighted by molar-refractivity contribution is -0.107. The van der Waals surface area contributed by atoms with Gasteiger partial charge in [0.05, 0.1) is 0 Å². The lowest BCUT2D eigenvalue weighted by Gasteiger charge is -2.10. The summed E-state index contributed by atoms with van der Waals surface area (Å²) in [5, 5.41) is 0. The van der Waals surface area contributed by atoms with Gasteiger partial charge in [-0.05, 0) is 42.3 Å². The average molecular weight is 248 g/mol. The molecule has 0 aliphatic heterocycles. The van der Waals surface area contributed by atoms with Gasteiger partial charge in [0.25, 0.3) is 0 Å². The number of carbonyl (C=O) groups excluding carboxylic acids is 1. The Morgan fingerprint density at radius 3 is 2.62 bits per heavy atom. The molecular weight excluding hydrogens is 237 g/mol.